The molecule has 184 valence electrons. The number of benzene rings is 5. The molecular formula is C36H25N3. The summed E-state index contributed by atoms with van der Waals surface area (Å²) in [5.74, 6) is 0. The second-order valence-corrected chi connectivity index (χ2v) is 9.55. The molecule has 7 rings (SSSR count). The van der Waals surface area contributed by atoms with E-state index in [2.05, 4.69) is 121 Å². The monoisotopic (exact) mass is 499 g/mol. The summed E-state index contributed by atoms with van der Waals surface area (Å²) in [4.78, 5) is 5.12. The summed E-state index contributed by atoms with van der Waals surface area (Å²) in [5, 5.41) is 6.21. The first kappa shape index (κ1) is 22.9. The van der Waals surface area contributed by atoms with Crippen LogP contribution in [0.5, 0.6) is 0 Å². The van der Waals surface area contributed by atoms with Gasteiger partial charge in [-0.1, -0.05) is 115 Å². The number of hydrogen-bond donors (Lipinski definition) is 0. The van der Waals surface area contributed by atoms with Crippen LogP contribution in [0.15, 0.2) is 152 Å². The van der Waals surface area contributed by atoms with Gasteiger partial charge in [0.1, 0.15) is 5.69 Å². The number of nitrogens with zero attached hydrogens (tertiary/aromatic N) is 3. The highest BCUT2D eigenvalue weighted by Crippen LogP contribution is 2.34. The maximum Gasteiger partial charge on any atom is 0.101 e. The molecule has 3 heteroatoms. The van der Waals surface area contributed by atoms with Crippen molar-refractivity contribution in [2.45, 2.75) is 0 Å². The minimum atomic E-state index is 0.934. The van der Waals surface area contributed by atoms with E-state index in [1.165, 1.54) is 5.56 Å². The molecule has 0 saturated heterocycles. The lowest BCUT2D eigenvalue weighted by molar-refractivity contribution is 0.915. The number of aromatic nitrogens is 3. The Balaban J connectivity index is 1.39. The summed E-state index contributed by atoms with van der Waals surface area (Å²) < 4.78 is 2.03. The number of hydrogen-bond acceptors (Lipinski definition) is 2. The van der Waals surface area contributed by atoms with Crippen molar-refractivity contribution in [2.24, 2.45) is 0 Å². The van der Waals surface area contributed by atoms with Gasteiger partial charge >= 0.3 is 0 Å². The maximum atomic E-state index is 5.12. The Morgan fingerprint density at radius 1 is 0.410 bits per heavy atom. The van der Waals surface area contributed by atoms with E-state index in [9.17, 15) is 0 Å². The third-order valence-electron chi connectivity index (χ3n) is 7.02. The third-order valence-corrected chi connectivity index (χ3v) is 7.02. The van der Waals surface area contributed by atoms with E-state index in [1.807, 2.05) is 35.0 Å². The smallest absolute Gasteiger partial charge is 0.101 e. The second-order valence-electron chi connectivity index (χ2n) is 9.55. The number of pyridine rings is 1. The van der Waals surface area contributed by atoms with Gasteiger partial charge in [0, 0.05) is 22.1 Å². The highest BCUT2D eigenvalue weighted by Gasteiger charge is 2.15. The summed E-state index contributed by atoms with van der Waals surface area (Å²) in [7, 11) is 0. The maximum absolute atomic E-state index is 5.12. The molecule has 0 aliphatic carbocycles. The van der Waals surface area contributed by atoms with Gasteiger partial charge in [0.25, 0.3) is 0 Å². The third kappa shape index (κ3) is 4.41. The van der Waals surface area contributed by atoms with Crippen LogP contribution in [0, 0.1) is 0 Å². The SMILES string of the molecule is c1ccc(-c2cc(-c3ccccc3)nc(-c3cccc(-c4nn(-c5ccccc5)c5ccccc45)c3)c2)cc1. The van der Waals surface area contributed by atoms with E-state index in [-0.39, 0.29) is 0 Å². The molecule has 0 unspecified atom stereocenters. The van der Waals surface area contributed by atoms with Crippen molar-refractivity contribution in [1.29, 1.82) is 0 Å². The van der Waals surface area contributed by atoms with Crippen LogP contribution < -0.4 is 0 Å². The Morgan fingerprint density at radius 3 is 1.72 bits per heavy atom. The first-order chi connectivity index (χ1) is 19.3. The molecule has 0 radical (unpaired) electrons. The molecule has 2 heterocycles. The molecular weight excluding hydrogens is 474 g/mol. The fraction of sp³-hybridized carbons (Fsp3) is 0. The molecule has 0 fully saturated rings. The normalized spacial score (nSPS) is 11.1. The molecule has 0 spiro atoms. The fourth-order valence-electron chi connectivity index (χ4n) is 5.10. The van der Waals surface area contributed by atoms with Crippen LogP contribution >= 0.6 is 0 Å². The van der Waals surface area contributed by atoms with Gasteiger partial charge in [0.15, 0.2) is 0 Å². The van der Waals surface area contributed by atoms with Crippen LogP contribution in [0.2, 0.25) is 0 Å². The quantitative estimate of drug-likeness (QED) is 0.236. The lowest BCUT2D eigenvalue weighted by atomic mass is 9.98. The summed E-state index contributed by atoms with van der Waals surface area (Å²) in [5.41, 5.74) is 10.5. The highest BCUT2D eigenvalue weighted by atomic mass is 15.3. The van der Waals surface area contributed by atoms with E-state index in [0.29, 0.717) is 0 Å². The molecule has 0 N–H and O–H groups in total. The van der Waals surface area contributed by atoms with E-state index >= 15 is 0 Å². The molecule has 3 nitrogen and oxygen atoms in total. The largest absolute Gasteiger partial charge is 0.248 e. The molecule has 0 bridgehead atoms. The molecule has 5 aromatic carbocycles. The first-order valence-corrected chi connectivity index (χ1v) is 13.1. The van der Waals surface area contributed by atoms with Crippen molar-refractivity contribution in [3.8, 4) is 50.6 Å². The van der Waals surface area contributed by atoms with Crippen molar-refractivity contribution in [3.63, 3.8) is 0 Å². The predicted molar refractivity (Wildman–Crippen MR) is 161 cm³/mol. The van der Waals surface area contributed by atoms with Gasteiger partial charge < -0.3 is 0 Å². The fourth-order valence-corrected chi connectivity index (χ4v) is 5.10. The summed E-state index contributed by atoms with van der Waals surface area (Å²) in [6, 6.07) is 52.5. The Labute approximate surface area is 227 Å². The van der Waals surface area contributed by atoms with Gasteiger partial charge in [-0.3, -0.25) is 0 Å². The number of fused-ring (bicyclic) bond motifs is 1. The molecule has 39 heavy (non-hydrogen) atoms. The Hall–Kier alpha value is -5.28. The summed E-state index contributed by atoms with van der Waals surface area (Å²) in [6.07, 6.45) is 0. The highest BCUT2D eigenvalue weighted by molar-refractivity contribution is 5.95. The van der Waals surface area contributed by atoms with Crippen molar-refractivity contribution in [2.75, 3.05) is 0 Å². The zero-order valence-electron chi connectivity index (χ0n) is 21.3. The molecule has 0 aliphatic heterocycles. The molecule has 2 aromatic heterocycles. The molecule has 0 amide bonds. The van der Waals surface area contributed by atoms with Gasteiger partial charge in [-0.25, -0.2) is 9.67 Å². The van der Waals surface area contributed by atoms with E-state index in [0.717, 1.165) is 55.9 Å². The van der Waals surface area contributed by atoms with Gasteiger partial charge in [-0.2, -0.15) is 5.10 Å². The molecule has 7 aromatic rings. The van der Waals surface area contributed by atoms with Gasteiger partial charge in [-0.05, 0) is 47.5 Å². The van der Waals surface area contributed by atoms with Crippen molar-refractivity contribution < 1.29 is 0 Å². The van der Waals surface area contributed by atoms with Crippen molar-refractivity contribution in [1.82, 2.24) is 14.8 Å². The summed E-state index contributed by atoms with van der Waals surface area (Å²) in [6.45, 7) is 0. The molecule has 0 aliphatic rings. The minimum Gasteiger partial charge on any atom is -0.248 e. The van der Waals surface area contributed by atoms with E-state index in [1.54, 1.807) is 0 Å². The van der Waals surface area contributed by atoms with Crippen LogP contribution in [-0.2, 0) is 0 Å². The topological polar surface area (TPSA) is 30.7 Å². The van der Waals surface area contributed by atoms with Gasteiger partial charge in [0.05, 0.1) is 22.6 Å². The predicted octanol–water partition coefficient (Wildman–Crippen LogP) is 9.09. The zero-order valence-corrected chi connectivity index (χ0v) is 21.3. The average molecular weight is 500 g/mol. The van der Waals surface area contributed by atoms with Gasteiger partial charge in [0.2, 0.25) is 0 Å². The average Bonchev–Trinajstić information content (AvgIpc) is 3.42. The van der Waals surface area contributed by atoms with Crippen molar-refractivity contribution in [3.05, 3.63) is 152 Å². The zero-order chi connectivity index (χ0) is 26.0. The van der Waals surface area contributed by atoms with E-state index in [4.69, 9.17) is 10.1 Å². The van der Waals surface area contributed by atoms with Crippen LogP contribution in [0.4, 0.5) is 0 Å². The lowest BCUT2D eigenvalue weighted by Crippen LogP contribution is -1.95. The molecule has 0 atom stereocenters. The summed E-state index contributed by atoms with van der Waals surface area (Å²) >= 11 is 0. The minimum absolute atomic E-state index is 0.934. The van der Waals surface area contributed by atoms with Crippen LogP contribution in [0.1, 0.15) is 0 Å². The van der Waals surface area contributed by atoms with Gasteiger partial charge in [-0.15, -0.1) is 0 Å². The van der Waals surface area contributed by atoms with Crippen molar-refractivity contribution >= 4 is 10.9 Å². The number of para-hydroxylation sites is 2. The number of rotatable bonds is 5. The lowest BCUT2D eigenvalue weighted by Gasteiger charge is -2.11. The Kier molecular flexibility index (Phi) is 5.80. The Bertz CT molecular complexity index is 1830. The van der Waals surface area contributed by atoms with Crippen LogP contribution in [-0.4, -0.2) is 14.8 Å². The first-order valence-electron chi connectivity index (χ1n) is 13.1. The van der Waals surface area contributed by atoms with Crippen LogP contribution in [0.25, 0.3) is 61.5 Å². The van der Waals surface area contributed by atoms with E-state index < -0.39 is 0 Å². The standard InChI is InChI=1S/C36H25N3/c1-4-13-26(14-5-1)30-24-33(27-15-6-2-7-16-27)37-34(25-30)28-17-12-18-29(23-28)36-32-21-10-11-22-35(32)39(38-36)31-19-8-3-9-20-31/h1-25H. The van der Waals surface area contributed by atoms with Crippen LogP contribution in [0.3, 0.4) is 0 Å². The molecule has 0 saturated carbocycles. The second kappa shape index (κ2) is 9.88. The Morgan fingerprint density at radius 2 is 0.974 bits per heavy atom.